The van der Waals surface area contributed by atoms with Crippen LogP contribution in [-0.4, -0.2) is 25.4 Å². The second-order valence-electron chi connectivity index (χ2n) is 4.34. The highest BCUT2D eigenvalue weighted by Gasteiger charge is 2.14. The molecule has 0 radical (unpaired) electrons. The van der Waals surface area contributed by atoms with Gasteiger partial charge in [-0.1, -0.05) is 18.7 Å². The van der Waals surface area contributed by atoms with Crippen LogP contribution in [0.25, 0.3) is 16.7 Å². The Labute approximate surface area is 123 Å². The van der Waals surface area contributed by atoms with Crippen LogP contribution in [0.15, 0.2) is 40.4 Å². The molecule has 2 N–H and O–H groups in total. The molecule has 1 aromatic carbocycles. The van der Waals surface area contributed by atoms with Crippen molar-refractivity contribution in [2.24, 2.45) is 0 Å². The van der Waals surface area contributed by atoms with Gasteiger partial charge in [0, 0.05) is 12.3 Å². The Bertz CT molecular complexity index is 872. The molecule has 0 aliphatic heterocycles. The molecule has 2 aromatic heterocycles. The summed E-state index contributed by atoms with van der Waals surface area (Å²) in [5, 5.41) is 10.2. The maximum absolute atomic E-state index is 13.6. The summed E-state index contributed by atoms with van der Waals surface area (Å²) in [6.45, 7) is 1.94. The van der Waals surface area contributed by atoms with Gasteiger partial charge in [-0.05, 0) is 24.0 Å². The molecule has 0 bridgehead atoms. The number of benzene rings is 1. The largest absolute Gasteiger partial charge is 0.505 e. The van der Waals surface area contributed by atoms with Crippen LogP contribution in [0.3, 0.4) is 0 Å². The SMILES string of the molecule is CCSc1nc2[nH]ccc2c(=O)n1-c1ccc(O)c(F)c1. The Hall–Kier alpha value is -2.28. The number of hydrogen-bond acceptors (Lipinski definition) is 4. The fraction of sp³-hybridized carbons (Fsp3) is 0.143. The molecule has 0 aliphatic carbocycles. The van der Waals surface area contributed by atoms with E-state index in [4.69, 9.17) is 0 Å². The van der Waals surface area contributed by atoms with E-state index in [-0.39, 0.29) is 5.56 Å². The zero-order valence-corrected chi connectivity index (χ0v) is 11.9. The van der Waals surface area contributed by atoms with Gasteiger partial charge in [0.2, 0.25) is 0 Å². The van der Waals surface area contributed by atoms with Crippen LogP contribution in [0.4, 0.5) is 4.39 Å². The van der Waals surface area contributed by atoms with E-state index in [9.17, 15) is 14.3 Å². The highest BCUT2D eigenvalue weighted by atomic mass is 32.2. The molecule has 0 unspecified atom stereocenters. The molecule has 3 rings (SSSR count). The minimum absolute atomic E-state index is 0.276. The van der Waals surface area contributed by atoms with E-state index < -0.39 is 11.6 Å². The average molecular weight is 305 g/mol. The van der Waals surface area contributed by atoms with Gasteiger partial charge in [-0.25, -0.2) is 9.37 Å². The summed E-state index contributed by atoms with van der Waals surface area (Å²) in [7, 11) is 0. The monoisotopic (exact) mass is 305 g/mol. The molecule has 0 aliphatic rings. The number of fused-ring (bicyclic) bond motifs is 1. The predicted octanol–water partition coefficient (Wildman–Crippen LogP) is 2.67. The first-order valence-electron chi connectivity index (χ1n) is 6.33. The molecular formula is C14H12FN3O2S. The number of phenolic OH excluding ortho intramolecular Hbond substituents is 1. The first kappa shape index (κ1) is 13.7. The Morgan fingerprint density at radius 3 is 2.95 bits per heavy atom. The summed E-state index contributed by atoms with van der Waals surface area (Å²) in [4.78, 5) is 19.9. The number of rotatable bonds is 3. The number of thioether (sulfide) groups is 1. The lowest BCUT2D eigenvalue weighted by atomic mass is 10.3. The van der Waals surface area contributed by atoms with E-state index in [1.807, 2.05) is 6.92 Å². The van der Waals surface area contributed by atoms with E-state index in [2.05, 4.69) is 9.97 Å². The third kappa shape index (κ3) is 2.29. The molecule has 2 heterocycles. The highest BCUT2D eigenvalue weighted by molar-refractivity contribution is 7.99. The normalized spacial score (nSPS) is 11.1. The summed E-state index contributed by atoms with van der Waals surface area (Å²) in [6, 6.07) is 5.47. The third-order valence-electron chi connectivity index (χ3n) is 3.02. The number of phenols is 1. The number of nitrogens with zero attached hydrogens (tertiary/aromatic N) is 2. The molecular weight excluding hydrogens is 293 g/mol. The zero-order chi connectivity index (χ0) is 15.0. The molecule has 108 valence electrons. The van der Waals surface area contributed by atoms with Gasteiger partial charge >= 0.3 is 0 Å². The summed E-state index contributed by atoms with van der Waals surface area (Å²) in [6.07, 6.45) is 1.64. The first-order chi connectivity index (χ1) is 10.1. The molecule has 0 amide bonds. The molecule has 21 heavy (non-hydrogen) atoms. The molecule has 5 nitrogen and oxygen atoms in total. The number of aromatic hydroxyl groups is 1. The van der Waals surface area contributed by atoms with Crippen molar-refractivity contribution >= 4 is 22.8 Å². The smallest absolute Gasteiger partial charge is 0.268 e. The van der Waals surface area contributed by atoms with Crippen LogP contribution in [0.5, 0.6) is 5.75 Å². The number of hydrogen-bond donors (Lipinski definition) is 2. The third-order valence-corrected chi connectivity index (χ3v) is 3.84. The van der Waals surface area contributed by atoms with Crippen molar-refractivity contribution in [1.82, 2.24) is 14.5 Å². The Morgan fingerprint density at radius 1 is 1.43 bits per heavy atom. The topological polar surface area (TPSA) is 70.9 Å². The summed E-state index contributed by atoms with van der Waals surface area (Å²) in [5.41, 5.74) is 0.565. The van der Waals surface area contributed by atoms with Gasteiger partial charge in [0.05, 0.1) is 11.1 Å². The minimum atomic E-state index is -0.777. The van der Waals surface area contributed by atoms with E-state index in [0.717, 1.165) is 11.8 Å². The molecule has 0 spiro atoms. The maximum atomic E-state index is 13.6. The van der Waals surface area contributed by atoms with Crippen molar-refractivity contribution in [3.63, 3.8) is 0 Å². The second-order valence-corrected chi connectivity index (χ2v) is 5.57. The van der Waals surface area contributed by atoms with Crippen LogP contribution in [0, 0.1) is 5.82 Å². The van der Waals surface area contributed by atoms with Crippen LogP contribution < -0.4 is 5.56 Å². The van der Waals surface area contributed by atoms with Crippen molar-refractivity contribution in [2.75, 3.05) is 5.75 Å². The highest BCUT2D eigenvalue weighted by Crippen LogP contribution is 2.23. The van der Waals surface area contributed by atoms with Crippen LogP contribution in [0.1, 0.15) is 6.92 Å². The predicted molar refractivity (Wildman–Crippen MR) is 79.7 cm³/mol. The lowest BCUT2D eigenvalue weighted by Crippen LogP contribution is -2.21. The summed E-state index contributed by atoms with van der Waals surface area (Å²) >= 11 is 1.39. The fourth-order valence-corrected chi connectivity index (χ4v) is 2.80. The molecule has 0 fully saturated rings. The average Bonchev–Trinajstić information content (AvgIpc) is 2.92. The van der Waals surface area contributed by atoms with Crippen LogP contribution in [-0.2, 0) is 0 Å². The van der Waals surface area contributed by atoms with Gasteiger partial charge in [-0.2, -0.15) is 0 Å². The Morgan fingerprint density at radius 2 is 2.24 bits per heavy atom. The molecule has 3 aromatic rings. The van der Waals surface area contributed by atoms with Gasteiger partial charge in [-0.15, -0.1) is 0 Å². The van der Waals surface area contributed by atoms with E-state index in [1.54, 1.807) is 12.3 Å². The van der Waals surface area contributed by atoms with Crippen LogP contribution in [0.2, 0.25) is 0 Å². The van der Waals surface area contributed by atoms with Gasteiger partial charge < -0.3 is 10.1 Å². The first-order valence-corrected chi connectivity index (χ1v) is 7.32. The Balaban J connectivity index is 2.32. The summed E-state index contributed by atoms with van der Waals surface area (Å²) < 4.78 is 14.9. The fourth-order valence-electron chi connectivity index (χ4n) is 2.07. The van der Waals surface area contributed by atoms with Crippen LogP contribution >= 0.6 is 11.8 Å². The quantitative estimate of drug-likeness (QED) is 0.576. The van der Waals surface area contributed by atoms with Gasteiger partial charge in [0.15, 0.2) is 16.7 Å². The van der Waals surface area contributed by atoms with Crippen molar-refractivity contribution in [2.45, 2.75) is 12.1 Å². The van der Waals surface area contributed by atoms with Gasteiger partial charge in [0.1, 0.15) is 5.65 Å². The summed E-state index contributed by atoms with van der Waals surface area (Å²) in [5.74, 6) is -0.507. The minimum Gasteiger partial charge on any atom is -0.505 e. The number of aromatic nitrogens is 3. The second kappa shape index (κ2) is 5.25. The van der Waals surface area contributed by atoms with E-state index in [0.29, 0.717) is 21.9 Å². The number of halogens is 1. The maximum Gasteiger partial charge on any atom is 0.268 e. The van der Waals surface area contributed by atoms with E-state index in [1.165, 1.54) is 28.5 Å². The number of nitrogens with one attached hydrogen (secondary N) is 1. The lowest BCUT2D eigenvalue weighted by molar-refractivity contribution is 0.432. The molecule has 0 saturated heterocycles. The molecule has 0 saturated carbocycles. The van der Waals surface area contributed by atoms with Gasteiger partial charge in [-0.3, -0.25) is 9.36 Å². The number of aromatic amines is 1. The number of H-pyrrole nitrogens is 1. The Kier molecular flexibility index (Phi) is 3.42. The van der Waals surface area contributed by atoms with Crippen molar-refractivity contribution in [3.8, 4) is 11.4 Å². The molecule has 7 heteroatoms. The lowest BCUT2D eigenvalue weighted by Gasteiger charge is -2.11. The van der Waals surface area contributed by atoms with Crippen molar-refractivity contribution in [3.05, 3.63) is 46.6 Å². The molecule has 0 atom stereocenters. The van der Waals surface area contributed by atoms with Crippen molar-refractivity contribution < 1.29 is 9.50 Å². The van der Waals surface area contributed by atoms with Crippen molar-refractivity contribution in [1.29, 1.82) is 0 Å². The van der Waals surface area contributed by atoms with Gasteiger partial charge in [0.25, 0.3) is 5.56 Å². The standard InChI is InChI=1S/C14H12FN3O2S/c1-2-21-14-17-12-9(5-6-16-12)13(20)18(14)8-3-4-11(19)10(15)7-8/h3-7,16,19H,2H2,1H3. The zero-order valence-electron chi connectivity index (χ0n) is 11.1. The van der Waals surface area contributed by atoms with E-state index >= 15 is 0 Å².